The maximum Gasteiger partial charge on any atom is 0.254 e. The lowest BCUT2D eigenvalue weighted by atomic mass is 9.91. The van der Waals surface area contributed by atoms with E-state index in [2.05, 4.69) is 10.3 Å². The predicted octanol–water partition coefficient (Wildman–Crippen LogP) is 1.12. The Kier molecular flexibility index (Phi) is 3.96. The second-order valence-corrected chi connectivity index (χ2v) is 6.85. The number of aromatic nitrogens is 1. The average molecular weight is 333 g/mol. The van der Waals surface area contributed by atoms with Crippen LogP contribution in [0.2, 0.25) is 0 Å². The molecule has 1 N–H and O–H groups in total. The first-order valence-electron chi connectivity index (χ1n) is 8.47. The van der Waals surface area contributed by atoms with E-state index in [1.54, 1.807) is 4.90 Å². The third kappa shape index (κ3) is 3.13. The summed E-state index contributed by atoms with van der Waals surface area (Å²) in [7, 11) is 0. The van der Waals surface area contributed by atoms with Crippen LogP contribution in [0.5, 0.6) is 0 Å². The van der Waals surface area contributed by atoms with Crippen molar-refractivity contribution in [3.05, 3.63) is 29.8 Å². The molecular formula is C17H20FN3O3. The predicted molar refractivity (Wildman–Crippen MR) is 82.6 cm³/mol. The van der Waals surface area contributed by atoms with Gasteiger partial charge in [-0.1, -0.05) is 0 Å². The van der Waals surface area contributed by atoms with Gasteiger partial charge in [-0.15, -0.1) is 0 Å². The lowest BCUT2D eigenvalue weighted by molar-refractivity contribution is -0.132. The normalized spacial score (nSPS) is 29.2. The Morgan fingerprint density at radius 3 is 2.92 bits per heavy atom. The van der Waals surface area contributed by atoms with Gasteiger partial charge in [0.1, 0.15) is 6.10 Å². The fourth-order valence-electron chi connectivity index (χ4n) is 3.52. The highest BCUT2D eigenvalue weighted by molar-refractivity contribution is 5.94. The minimum atomic E-state index is -0.662. The van der Waals surface area contributed by atoms with Gasteiger partial charge in [-0.3, -0.25) is 9.59 Å². The number of pyridine rings is 1. The second-order valence-electron chi connectivity index (χ2n) is 6.85. The molecule has 1 saturated carbocycles. The smallest absolute Gasteiger partial charge is 0.254 e. The Hall–Kier alpha value is -2.02. The standard InChI is InChI=1S/C17H20FN3O3/c18-15-8-11(3-5-19-15)17(23)21-6-4-10-7-13(24-14(10)9-21)16(22)20-12-1-2-12/h3,5,8,10,12-14H,1-2,4,6-7,9H2,(H,20,22)/t10-,13+,14-/m0/s1. The first kappa shape index (κ1) is 15.5. The largest absolute Gasteiger partial charge is 0.363 e. The zero-order valence-corrected chi connectivity index (χ0v) is 13.3. The summed E-state index contributed by atoms with van der Waals surface area (Å²) in [5, 5.41) is 2.98. The van der Waals surface area contributed by atoms with E-state index in [4.69, 9.17) is 4.74 Å². The monoisotopic (exact) mass is 333 g/mol. The Bertz CT molecular complexity index is 664. The number of ether oxygens (including phenoxy) is 1. The van der Waals surface area contributed by atoms with Crippen molar-refractivity contribution < 1.29 is 18.7 Å². The zero-order chi connectivity index (χ0) is 16.7. The van der Waals surface area contributed by atoms with Crippen molar-refractivity contribution >= 4 is 11.8 Å². The fourth-order valence-corrected chi connectivity index (χ4v) is 3.52. The molecule has 3 aliphatic rings. The van der Waals surface area contributed by atoms with Crippen molar-refractivity contribution in [1.29, 1.82) is 0 Å². The Morgan fingerprint density at radius 1 is 1.33 bits per heavy atom. The second kappa shape index (κ2) is 6.12. The molecule has 128 valence electrons. The van der Waals surface area contributed by atoms with Crippen LogP contribution in [-0.4, -0.2) is 53.0 Å². The van der Waals surface area contributed by atoms with Gasteiger partial charge in [-0.2, -0.15) is 4.39 Å². The molecule has 24 heavy (non-hydrogen) atoms. The van der Waals surface area contributed by atoms with Crippen LogP contribution < -0.4 is 5.32 Å². The molecule has 1 aromatic heterocycles. The van der Waals surface area contributed by atoms with Crippen LogP contribution in [-0.2, 0) is 9.53 Å². The number of carbonyl (C=O) groups excluding carboxylic acids is 2. The number of likely N-dealkylation sites (tertiary alicyclic amines) is 1. The SMILES string of the molecule is O=C(NC1CC1)[C@H]1C[C@@H]2CCN(C(=O)c3ccnc(F)c3)C[C@@H]2O1. The van der Waals surface area contributed by atoms with Crippen molar-refractivity contribution in [2.45, 2.75) is 43.9 Å². The van der Waals surface area contributed by atoms with Gasteiger partial charge < -0.3 is 15.0 Å². The van der Waals surface area contributed by atoms with Crippen LogP contribution in [0, 0.1) is 11.9 Å². The molecule has 0 radical (unpaired) electrons. The summed E-state index contributed by atoms with van der Waals surface area (Å²) in [6.07, 6.45) is 4.39. The molecule has 0 spiro atoms. The zero-order valence-electron chi connectivity index (χ0n) is 13.3. The molecule has 0 unspecified atom stereocenters. The van der Waals surface area contributed by atoms with Gasteiger partial charge in [0.15, 0.2) is 0 Å². The highest BCUT2D eigenvalue weighted by Crippen LogP contribution is 2.34. The summed E-state index contributed by atoms with van der Waals surface area (Å²) >= 11 is 0. The quantitative estimate of drug-likeness (QED) is 0.842. The highest BCUT2D eigenvalue weighted by Gasteiger charge is 2.43. The van der Waals surface area contributed by atoms with Crippen molar-refractivity contribution in [3.8, 4) is 0 Å². The summed E-state index contributed by atoms with van der Waals surface area (Å²) < 4.78 is 19.1. The molecule has 2 amide bonds. The van der Waals surface area contributed by atoms with E-state index in [-0.39, 0.29) is 17.9 Å². The molecule has 6 nitrogen and oxygen atoms in total. The Morgan fingerprint density at radius 2 is 2.17 bits per heavy atom. The number of halogens is 1. The van der Waals surface area contributed by atoms with Gasteiger partial charge in [-0.05, 0) is 37.7 Å². The van der Waals surface area contributed by atoms with E-state index in [0.29, 0.717) is 30.6 Å². The maximum atomic E-state index is 13.2. The number of amides is 2. The number of fused-ring (bicyclic) bond motifs is 1. The van der Waals surface area contributed by atoms with Crippen molar-refractivity contribution in [2.24, 2.45) is 5.92 Å². The first-order chi connectivity index (χ1) is 11.6. The summed E-state index contributed by atoms with van der Waals surface area (Å²) in [6, 6.07) is 2.98. The highest BCUT2D eigenvalue weighted by atomic mass is 19.1. The number of carbonyl (C=O) groups is 2. The first-order valence-corrected chi connectivity index (χ1v) is 8.47. The van der Waals surface area contributed by atoms with Gasteiger partial charge in [0.2, 0.25) is 11.9 Å². The van der Waals surface area contributed by atoms with E-state index < -0.39 is 12.1 Å². The van der Waals surface area contributed by atoms with E-state index in [0.717, 1.165) is 31.7 Å². The molecule has 0 aromatic carbocycles. The van der Waals surface area contributed by atoms with Crippen molar-refractivity contribution in [3.63, 3.8) is 0 Å². The molecule has 2 saturated heterocycles. The molecule has 3 atom stereocenters. The molecule has 4 rings (SSSR count). The Labute approximate surface area is 139 Å². The summed E-state index contributed by atoms with van der Waals surface area (Å²) in [5.41, 5.74) is 0.293. The van der Waals surface area contributed by atoms with E-state index in [9.17, 15) is 14.0 Å². The number of nitrogens with zero attached hydrogens (tertiary/aromatic N) is 2. The van der Waals surface area contributed by atoms with Gasteiger partial charge in [0, 0.05) is 37.0 Å². The molecule has 2 aliphatic heterocycles. The van der Waals surface area contributed by atoms with Crippen molar-refractivity contribution in [1.82, 2.24) is 15.2 Å². The third-order valence-corrected chi connectivity index (χ3v) is 5.03. The molecule has 3 heterocycles. The molecule has 1 aliphatic carbocycles. The van der Waals surface area contributed by atoms with Crippen molar-refractivity contribution in [2.75, 3.05) is 13.1 Å². The molecule has 1 aromatic rings. The van der Waals surface area contributed by atoms with Crippen LogP contribution in [0.4, 0.5) is 4.39 Å². The Balaban J connectivity index is 1.38. The van der Waals surface area contributed by atoms with Gasteiger partial charge >= 0.3 is 0 Å². The van der Waals surface area contributed by atoms with E-state index in [1.165, 1.54) is 12.3 Å². The topological polar surface area (TPSA) is 71.5 Å². The minimum Gasteiger partial charge on any atom is -0.363 e. The minimum absolute atomic E-state index is 0.0269. The van der Waals surface area contributed by atoms with E-state index in [1.807, 2.05) is 0 Å². The molecular weight excluding hydrogens is 313 g/mol. The average Bonchev–Trinajstić information content (AvgIpc) is 3.28. The molecule has 3 fully saturated rings. The summed E-state index contributed by atoms with van der Waals surface area (Å²) in [5.74, 6) is -0.604. The number of piperidine rings is 1. The lowest BCUT2D eigenvalue weighted by Gasteiger charge is -2.34. The van der Waals surface area contributed by atoms with Crippen LogP contribution in [0.15, 0.2) is 18.3 Å². The van der Waals surface area contributed by atoms with Crippen LogP contribution >= 0.6 is 0 Å². The third-order valence-electron chi connectivity index (χ3n) is 5.03. The van der Waals surface area contributed by atoms with Crippen LogP contribution in [0.3, 0.4) is 0 Å². The van der Waals surface area contributed by atoms with Gasteiger partial charge in [-0.25, -0.2) is 4.98 Å². The lowest BCUT2D eigenvalue weighted by Crippen LogP contribution is -2.45. The molecule has 7 heteroatoms. The molecule has 0 bridgehead atoms. The van der Waals surface area contributed by atoms with Gasteiger partial charge in [0.05, 0.1) is 6.10 Å². The number of nitrogens with one attached hydrogen (secondary N) is 1. The summed E-state index contributed by atoms with van der Waals surface area (Å²) in [4.78, 5) is 29.8. The van der Waals surface area contributed by atoms with Gasteiger partial charge in [0.25, 0.3) is 5.91 Å². The maximum absolute atomic E-state index is 13.2. The number of hydrogen-bond acceptors (Lipinski definition) is 4. The van der Waals surface area contributed by atoms with Crippen LogP contribution in [0.25, 0.3) is 0 Å². The van der Waals surface area contributed by atoms with E-state index >= 15 is 0 Å². The fraction of sp³-hybridized carbons (Fsp3) is 0.588. The summed E-state index contributed by atoms with van der Waals surface area (Å²) in [6.45, 7) is 1.05. The number of hydrogen-bond donors (Lipinski definition) is 1. The van der Waals surface area contributed by atoms with Crippen LogP contribution in [0.1, 0.15) is 36.0 Å². The number of rotatable bonds is 3.